The van der Waals surface area contributed by atoms with Crippen LogP contribution in [0.2, 0.25) is 5.02 Å². The van der Waals surface area contributed by atoms with Crippen molar-refractivity contribution in [1.82, 2.24) is 4.57 Å². The molecule has 0 aliphatic carbocycles. The van der Waals surface area contributed by atoms with Crippen molar-refractivity contribution in [2.24, 2.45) is 11.5 Å². The minimum Gasteiger partial charge on any atom is -0.366 e. The van der Waals surface area contributed by atoms with Crippen molar-refractivity contribution in [2.75, 3.05) is 0 Å². The largest absolute Gasteiger partial charge is 0.366 e. The van der Waals surface area contributed by atoms with E-state index in [9.17, 15) is 9.59 Å². The van der Waals surface area contributed by atoms with Gasteiger partial charge in [0.15, 0.2) is 0 Å². The average Bonchev–Trinajstić information content (AvgIpc) is 2.95. The molecule has 27 heavy (non-hydrogen) atoms. The fourth-order valence-electron chi connectivity index (χ4n) is 3.56. The number of hydrogen-bond acceptors (Lipinski definition) is 2. The van der Waals surface area contributed by atoms with E-state index in [2.05, 4.69) is 0 Å². The maximum Gasteiger partial charge on any atom is 0.249 e. The van der Waals surface area contributed by atoms with Gasteiger partial charge in [-0.15, -0.1) is 0 Å². The van der Waals surface area contributed by atoms with E-state index < -0.39 is 11.8 Å². The molecule has 0 aliphatic heterocycles. The molecular formula is C21H16ClN3O2. The van der Waals surface area contributed by atoms with Crippen molar-refractivity contribution >= 4 is 45.2 Å². The number of amides is 2. The molecular weight excluding hydrogens is 362 g/mol. The molecule has 0 unspecified atom stereocenters. The summed E-state index contributed by atoms with van der Waals surface area (Å²) in [6.07, 6.45) is 0. The van der Waals surface area contributed by atoms with Crippen LogP contribution in [0.15, 0.2) is 60.7 Å². The standard InChI is InChI=1S/C21H16ClN3O2/c22-13-8-9-15-18(10-13)25(11-12-4-1-2-5-14(12)20(23)26)17-7-3-6-16(19(15)17)21(24)27/h1-10H,11H2,(H2,23,26)(H2,24,27). The van der Waals surface area contributed by atoms with Crippen molar-refractivity contribution in [1.29, 1.82) is 0 Å². The number of fused-ring (bicyclic) bond motifs is 3. The quantitative estimate of drug-likeness (QED) is 0.567. The first kappa shape index (κ1) is 17.1. The summed E-state index contributed by atoms with van der Waals surface area (Å²) in [5.41, 5.74) is 14.5. The lowest BCUT2D eigenvalue weighted by Crippen LogP contribution is -2.15. The Labute approximate surface area is 160 Å². The van der Waals surface area contributed by atoms with E-state index in [1.807, 2.05) is 34.9 Å². The molecule has 0 radical (unpaired) electrons. The van der Waals surface area contributed by atoms with Gasteiger partial charge in [-0.3, -0.25) is 9.59 Å². The highest BCUT2D eigenvalue weighted by Crippen LogP contribution is 2.34. The first-order chi connectivity index (χ1) is 13.0. The molecule has 0 aliphatic rings. The van der Waals surface area contributed by atoms with Crippen LogP contribution in [0.5, 0.6) is 0 Å². The number of nitrogens with two attached hydrogens (primary N) is 2. The molecule has 0 bridgehead atoms. The number of nitrogens with zero attached hydrogens (tertiary/aromatic N) is 1. The first-order valence-corrected chi connectivity index (χ1v) is 8.73. The van der Waals surface area contributed by atoms with Crippen molar-refractivity contribution in [3.8, 4) is 0 Å². The minimum absolute atomic E-state index is 0.404. The van der Waals surface area contributed by atoms with Gasteiger partial charge in [0.2, 0.25) is 11.8 Å². The Balaban J connectivity index is 2.05. The Morgan fingerprint density at radius 2 is 1.56 bits per heavy atom. The number of halogens is 1. The van der Waals surface area contributed by atoms with Gasteiger partial charge in [-0.05, 0) is 35.9 Å². The van der Waals surface area contributed by atoms with Gasteiger partial charge in [0.05, 0.1) is 11.0 Å². The monoisotopic (exact) mass is 377 g/mol. The van der Waals surface area contributed by atoms with Crippen LogP contribution in [0.25, 0.3) is 21.8 Å². The van der Waals surface area contributed by atoms with Crippen LogP contribution in [-0.4, -0.2) is 16.4 Å². The van der Waals surface area contributed by atoms with E-state index in [4.69, 9.17) is 23.1 Å². The Morgan fingerprint density at radius 1 is 0.852 bits per heavy atom. The highest BCUT2D eigenvalue weighted by atomic mass is 35.5. The van der Waals surface area contributed by atoms with Crippen molar-refractivity contribution < 1.29 is 9.59 Å². The maximum absolute atomic E-state index is 12.0. The number of aromatic nitrogens is 1. The zero-order chi connectivity index (χ0) is 19.1. The van der Waals surface area contributed by atoms with E-state index >= 15 is 0 Å². The number of rotatable bonds is 4. The summed E-state index contributed by atoms with van der Waals surface area (Å²) in [7, 11) is 0. The number of primary amides is 2. The summed E-state index contributed by atoms with van der Waals surface area (Å²) < 4.78 is 2.02. The molecule has 0 saturated carbocycles. The van der Waals surface area contributed by atoms with E-state index in [0.717, 1.165) is 27.4 Å². The molecule has 0 saturated heterocycles. The number of carbonyl (C=O) groups is 2. The predicted octanol–water partition coefficient (Wildman–Crippen LogP) is 3.69. The summed E-state index contributed by atoms with van der Waals surface area (Å²) in [6.45, 7) is 0.404. The minimum atomic E-state index is -0.493. The molecule has 2 amide bonds. The summed E-state index contributed by atoms with van der Waals surface area (Å²) in [6, 6.07) is 18.1. The third-order valence-corrected chi connectivity index (χ3v) is 4.97. The second-order valence-corrected chi connectivity index (χ2v) is 6.77. The topological polar surface area (TPSA) is 91.1 Å². The molecule has 4 rings (SSSR count). The summed E-state index contributed by atoms with van der Waals surface area (Å²) in [5.74, 6) is -0.977. The first-order valence-electron chi connectivity index (χ1n) is 8.35. The Kier molecular flexibility index (Phi) is 4.09. The van der Waals surface area contributed by atoms with Gasteiger partial charge in [0, 0.05) is 33.5 Å². The third-order valence-electron chi connectivity index (χ3n) is 4.73. The Morgan fingerprint density at radius 3 is 2.30 bits per heavy atom. The van der Waals surface area contributed by atoms with Crippen molar-refractivity contribution in [3.05, 3.63) is 82.4 Å². The second kappa shape index (κ2) is 6.45. The van der Waals surface area contributed by atoms with Crippen LogP contribution in [0.4, 0.5) is 0 Å². The lowest BCUT2D eigenvalue weighted by molar-refractivity contribution is 0.0992. The van der Waals surface area contributed by atoms with Gasteiger partial charge in [-0.1, -0.05) is 41.9 Å². The molecule has 4 N–H and O–H groups in total. The van der Waals surface area contributed by atoms with Gasteiger partial charge in [0.25, 0.3) is 0 Å². The number of benzene rings is 3. The Hall–Kier alpha value is -3.31. The molecule has 1 aromatic heterocycles. The zero-order valence-electron chi connectivity index (χ0n) is 14.3. The van der Waals surface area contributed by atoms with Gasteiger partial charge in [-0.25, -0.2) is 0 Å². The van der Waals surface area contributed by atoms with Crippen LogP contribution >= 0.6 is 11.6 Å². The molecule has 0 fully saturated rings. The molecule has 4 aromatic rings. The fourth-order valence-corrected chi connectivity index (χ4v) is 3.73. The summed E-state index contributed by atoms with van der Waals surface area (Å²) >= 11 is 6.23. The molecule has 134 valence electrons. The van der Waals surface area contributed by atoms with Crippen LogP contribution in [0, 0.1) is 0 Å². The zero-order valence-corrected chi connectivity index (χ0v) is 15.0. The van der Waals surface area contributed by atoms with E-state index in [0.29, 0.717) is 22.7 Å². The van der Waals surface area contributed by atoms with Gasteiger partial charge in [-0.2, -0.15) is 0 Å². The third kappa shape index (κ3) is 2.82. The van der Waals surface area contributed by atoms with E-state index in [1.165, 1.54) is 0 Å². The second-order valence-electron chi connectivity index (χ2n) is 6.33. The van der Waals surface area contributed by atoms with Crippen LogP contribution in [0.1, 0.15) is 26.3 Å². The molecule has 0 atom stereocenters. The molecule has 5 nitrogen and oxygen atoms in total. The lowest BCUT2D eigenvalue weighted by atomic mass is 10.1. The number of hydrogen-bond donors (Lipinski definition) is 2. The normalized spacial score (nSPS) is 11.1. The Bertz CT molecular complexity index is 1230. The van der Waals surface area contributed by atoms with Crippen LogP contribution < -0.4 is 11.5 Å². The fraction of sp³-hybridized carbons (Fsp3) is 0.0476. The highest BCUT2D eigenvalue weighted by Gasteiger charge is 2.18. The SMILES string of the molecule is NC(=O)c1ccccc1Cn1c2cc(Cl)ccc2c2c(C(N)=O)cccc21. The van der Waals surface area contributed by atoms with Gasteiger partial charge in [0.1, 0.15) is 0 Å². The molecule has 1 heterocycles. The molecule has 6 heteroatoms. The predicted molar refractivity (Wildman–Crippen MR) is 107 cm³/mol. The average molecular weight is 378 g/mol. The smallest absolute Gasteiger partial charge is 0.249 e. The van der Waals surface area contributed by atoms with E-state index in [-0.39, 0.29) is 0 Å². The lowest BCUT2D eigenvalue weighted by Gasteiger charge is -2.11. The number of carbonyl (C=O) groups excluding carboxylic acids is 2. The highest BCUT2D eigenvalue weighted by molar-refractivity contribution is 6.32. The van der Waals surface area contributed by atoms with Crippen LogP contribution in [0.3, 0.4) is 0 Å². The molecule has 3 aromatic carbocycles. The molecule has 0 spiro atoms. The van der Waals surface area contributed by atoms with E-state index in [1.54, 1.807) is 30.3 Å². The van der Waals surface area contributed by atoms with Crippen molar-refractivity contribution in [2.45, 2.75) is 6.54 Å². The maximum atomic E-state index is 12.0. The summed E-state index contributed by atoms with van der Waals surface area (Å²) in [4.78, 5) is 23.8. The van der Waals surface area contributed by atoms with Gasteiger partial charge < -0.3 is 16.0 Å². The summed E-state index contributed by atoms with van der Waals surface area (Å²) in [5, 5.41) is 2.23. The van der Waals surface area contributed by atoms with Gasteiger partial charge >= 0.3 is 0 Å². The van der Waals surface area contributed by atoms with Crippen molar-refractivity contribution in [3.63, 3.8) is 0 Å². The van der Waals surface area contributed by atoms with Crippen LogP contribution in [-0.2, 0) is 6.54 Å².